The number of rotatable bonds is 3. The zero-order chi connectivity index (χ0) is 15.0. The van der Waals surface area contributed by atoms with Gasteiger partial charge in [0.05, 0.1) is 26.2 Å². The molecule has 2 saturated heterocycles. The summed E-state index contributed by atoms with van der Waals surface area (Å²) in [7, 11) is 4.55. The number of benzene rings is 1. The van der Waals surface area contributed by atoms with Crippen molar-refractivity contribution in [2.24, 2.45) is 0 Å². The summed E-state index contributed by atoms with van der Waals surface area (Å²) in [6.07, 6.45) is 3.04. The summed E-state index contributed by atoms with van der Waals surface area (Å²) < 4.78 is 6.63. The van der Waals surface area contributed by atoms with E-state index in [1.807, 2.05) is 18.2 Å². The van der Waals surface area contributed by atoms with Crippen molar-refractivity contribution >= 4 is 5.97 Å². The Balaban J connectivity index is 1.62. The molecule has 1 N–H and O–H groups in total. The second-order valence-corrected chi connectivity index (χ2v) is 6.86. The lowest BCUT2D eigenvalue weighted by Gasteiger charge is -2.43. The Kier molecular flexibility index (Phi) is 3.76. The Hall–Kier alpha value is -1.39. The highest BCUT2D eigenvalue weighted by Crippen LogP contribution is 2.40. The summed E-state index contributed by atoms with van der Waals surface area (Å²) in [5, 5.41) is 10.1. The van der Waals surface area contributed by atoms with Crippen LogP contribution in [0.25, 0.3) is 0 Å². The summed E-state index contributed by atoms with van der Waals surface area (Å²) >= 11 is 0. The number of fused-ring (bicyclic) bond motifs is 2. The van der Waals surface area contributed by atoms with E-state index in [-0.39, 0.29) is 6.10 Å². The molecule has 2 bridgehead atoms. The van der Waals surface area contributed by atoms with E-state index in [1.54, 1.807) is 12.1 Å². The Morgan fingerprint density at radius 1 is 1.19 bits per heavy atom. The number of carbonyl (C=O) groups is 1. The van der Waals surface area contributed by atoms with Crippen LogP contribution < -0.4 is 0 Å². The second kappa shape index (κ2) is 5.43. The Morgan fingerprint density at radius 3 is 2.33 bits per heavy atom. The number of nitrogens with zero attached hydrogens (tertiary/aromatic N) is 1. The van der Waals surface area contributed by atoms with Gasteiger partial charge in [0.25, 0.3) is 0 Å². The number of carbonyl (C=O) groups excluding carboxylic acids is 1. The minimum Gasteiger partial charge on any atom is -0.460 e. The maximum atomic E-state index is 12.1. The van der Waals surface area contributed by atoms with Crippen LogP contribution in [0.1, 0.15) is 37.4 Å². The van der Waals surface area contributed by atoms with E-state index in [4.69, 9.17) is 4.74 Å². The molecule has 2 heterocycles. The topological polar surface area (TPSA) is 46.5 Å². The predicted octanol–water partition coefficient (Wildman–Crippen LogP) is 2.03. The Bertz CT molecular complexity index is 498. The van der Waals surface area contributed by atoms with Crippen LogP contribution in [0.2, 0.25) is 0 Å². The maximum absolute atomic E-state index is 12.1. The zero-order valence-corrected chi connectivity index (χ0v) is 12.7. The summed E-state index contributed by atoms with van der Waals surface area (Å²) in [6, 6.07) is 10.1. The zero-order valence-electron chi connectivity index (χ0n) is 12.7. The average molecular weight is 290 g/mol. The molecule has 1 aromatic rings. The summed E-state index contributed by atoms with van der Waals surface area (Å²) in [5.74, 6) is -0.516. The molecule has 0 aliphatic carbocycles. The van der Waals surface area contributed by atoms with Crippen molar-refractivity contribution in [1.29, 1.82) is 0 Å². The molecule has 4 heteroatoms. The molecule has 0 spiro atoms. The van der Waals surface area contributed by atoms with Gasteiger partial charge < -0.3 is 14.3 Å². The number of hydrogen-bond donors (Lipinski definition) is 1. The van der Waals surface area contributed by atoms with Gasteiger partial charge in [0.1, 0.15) is 6.10 Å². The first-order chi connectivity index (χ1) is 9.98. The third-order valence-corrected chi connectivity index (χ3v) is 5.41. The lowest BCUT2D eigenvalue weighted by Crippen LogP contribution is -2.56. The molecular formula is C17H24NO3+. The van der Waals surface area contributed by atoms with Crippen molar-refractivity contribution in [2.45, 2.75) is 50.0 Å². The van der Waals surface area contributed by atoms with Crippen LogP contribution in [0.5, 0.6) is 0 Å². The molecule has 3 rings (SSSR count). The van der Waals surface area contributed by atoms with Crippen molar-refractivity contribution in [3.63, 3.8) is 0 Å². The van der Waals surface area contributed by atoms with Gasteiger partial charge in [-0.2, -0.15) is 0 Å². The molecule has 2 fully saturated rings. The average Bonchev–Trinajstić information content (AvgIpc) is 2.67. The van der Waals surface area contributed by atoms with Gasteiger partial charge in [0.2, 0.25) is 0 Å². The van der Waals surface area contributed by atoms with Crippen LogP contribution in [0, 0.1) is 0 Å². The fraction of sp³-hybridized carbons (Fsp3) is 0.588. The molecule has 3 unspecified atom stereocenters. The van der Waals surface area contributed by atoms with E-state index in [9.17, 15) is 9.90 Å². The first-order valence-corrected chi connectivity index (χ1v) is 7.75. The Labute approximate surface area is 125 Å². The third-order valence-electron chi connectivity index (χ3n) is 5.41. The predicted molar refractivity (Wildman–Crippen MR) is 79.4 cm³/mol. The number of ether oxygens (including phenoxy) is 1. The number of piperidine rings is 1. The smallest absolute Gasteiger partial charge is 0.339 e. The second-order valence-electron chi connectivity index (χ2n) is 6.86. The lowest BCUT2D eigenvalue weighted by molar-refractivity contribution is -0.931. The molecule has 0 saturated carbocycles. The van der Waals surface area contributed by atoms with Crippen molar-refractivity contribution in [3.05, 3.63) is 35.9 Å². The van der Waals surface area contributed by atoms with Crippen molar-refractivity contribution in [2.75, 3.05) is 14.1 Å². The fourth-order valence-corrected chi connectivity index (χ4v) is 3.93. The van der Waals surface area contributed by atoms with E-state index >= 15 is 0 Å². The highest BCUT2D eigenvalue weighted by atomic mass is 16.6. The monoisotopic (exact) mass is 290 g/mol. The van der Waals surface area contributed by atoms with E-state index in [1.165, 1.54) is 12.8 Å². The molecule has 21 heavy (non-hydrogen) atoms. The van der Waals surface area contributed by atoms with Crippen LogP contribution in [0.4, 0.5) is 0 Å². The highest BCUT2D eigenvalue weighted by Gasteiger charge is 2.50. The van der Waals surface area contributed by atoms with Crippen molar-refractivity contribution in [1.82, 2.24) is 0 Å². The minimum absolute atomic E-state index is 0.0421. The summed E-state index contributed by atoms with van der Waals surface area (Å²) in [6.45, 7) is 0. The molecule has 2 aliphatic rings. The van der Waals surface area contributed by atoms with Gasteiger partial charge in [-0.1, -0.05) is 30.3 Å². The number of esters is 1. The molecular weight excluding hydrogens is 266 g/mol. The largest absolute Gasteiger partial charge is 0.460 e. The number of aliphatic hydroxyl groups excluding tert-OH is 1. The fourth-order valence-electron chi connectivity index (χ4n) is 3.93. The van der Waals surface area contributed by atoms with E-state index in [2.05, 4.69) is 14.1 Å². The first kappa shape index (κ1) is 14.5. The van der Waals surface area contributed by atoms with Gasteiger partial charge in [-0.05, 0) is 5.56 Å². The first-order valence-electron chi connectivity index (χ1n) is 7.75. The molecule has 2 aliphatic heterocycles. The van der Waals surface area contributed by atoms with Crippen LogP contribution in [-0.2, 0) is 9.53 Å². The van der Waals surface area contributed by atoms with Crippen LogP contribution in [0.15, 0.2) is 30.3 Å². The van der Waals surface area contributed by atoms with E-state index in [0.29, 0.717) is 17.6 Å². The molecule has 0 amide bonds. The SMILES string of the molecule is C[N+]1(C)C2CC[C@@H]1CC(OC(=O)C(O)c1ccccc1)C2. The summed E-state index contributed by atoms with van der Waals surface area (Å²) in [5.41, 5.74) is 0.595. The lowest BCUT2D eigenvalue weighted by atomic mass is 9.97. The molecule has 0 aromatic heterocycles. The Morgan fingerprint density at radius 2 is 1.76 bits per heavy atom. The van der Waals surface area contributed by atoms with Gasteiger partial charge in [0.15, 0.2) is 6.10 Å². The highest BCUT2D eigenvalue weighted by molar-refractivity contribution is 5.76. The molecule has 0 radical (unpaired) electrons. The normalized spacial score (nSPS) is 31.7. The van der Waals surface area contributed by atoms with Crippen LogP contribution >= 0.6 is 0 Å². The van der Waals surface area contributed by atoms with E-state index < -0.39 is 12.1 Å². The van der Waals surface area contributed by atoms with Crippen molar-refractivity contribution < 1.29 is 19.1 Å². The summed E-state index contributed by atoms with van der Waals surface area (Å²) in [4.78, 5) is 12.1. The number of aliphatic hydroxyl groups is 1. The molecule has 1 aromatic carbocycles. The minimum atomic E-state index is -1.17. The number of quaternary nitrogens is 1. The molecule has 4 atom stereocenters. The van der Waals surface area contributed by atoms with Crippen molar-refractivity contribution in [3.8, 4) is 0 Å². The van der Waals surface area contributed by atoms with Gasteiger partial charge in [-0.3, -0.25) is 0 Å². The van der Waals surface area contributed by atoms with Gasteiger partial charge in [0, 0.05) is 25.7 Å². The van der Waals surface area contributed by atoms with Gasteiger partial charge in [-0.15, -0.1) is 0 Å². The standard InChI is InChI=1S/C17H24NO3/c1-18(2)13-8-9-14(18)11-15(10-13)21-17(20)16(19)12-6-4-3-5-7-12/h3-7,13-16,19H,8-11H2,1-2H3/q+1/t13-,14?,15?,16?/m1/s1. The molecule has 114 valence electrons. The quantitative estimate of drug-likeness (QED) is 0.684. The third kappa shape index (κ3) is 2.70. The van der Waals surface area contributed by atoms with Gasteiger partial charge in [-0.25, -0.2) is 4.79 Å². The maximum Gasteiger partial charge on any atom is 0.339 e. The van der Waals surface area contributed by atoms with Gasteiger partial charge >= 0.3 is 5.97 Å². The molecule has 4 nitrogen and oxygen atoms in total. The van der Waals surface area contributed by atoms with Crippen LogP contribution in [0.3, 0.4) is 0 Å². The number of hydrogen-bond acceptors (Lipinski definition) is 3. The van der Waals surface area contributed by atoms with E-state index in [0.717, 1.165) is 17.3 Å². The van der Waals surface area contributed by atoms with Crippen LogP contribution in [-0.4, -0.2) is 47.8 Å².